The summed E-state index contributed by atoms with van der Waals surface area (Å²) in [5, 5.41) is 0. The third kappa shape index (κ3) is 4.82. The zero-order valence-corrected chi connectivity index (χ0v) is 6.55. The molecule has 0 bridgehead atoms. The molecule has 1 aromatic rings. The maximum atomic E-state index is 2.93. The second-order valence-electron chi connectivity index (χ2n) is 1.58. The molecule has 0 aliphatic heterocycles. The van der Waals surface area contributed by atoms with Gasteiger partial charge in [0.2, 0.25) is 0 Å². The molecule has 0 aliphatic carbocycles. The summed E-state index contributed by atoms with van der Waals surface area (Å²) in [7, 11) is 0. The van der Waals surface area contributed by atoms with Crippen LogP contribution in [-0.4, -0.2) is 18.9 Å². The van der Waals surface area contributed by atoms with E-state index in [9.17, 15) is 0 Å². The van der Waals surface area contributed by atoms with Crippen LogP contribution in [0.1, 0.15) is 5.56 Å². The molecule has 0 spiro atoms. The maximum absolute atomic E-state index is 2.93. The Morgan fingerprint density at radius 1 is 1.22 bits per heavy atom. The van der Waals surface area contributed by atoms with Crippen LogP contribution >= 0.6 is 0 Å². The van der Waals surface area contributed by atoms with Gasteiger partial charge < -0.3 is 0 Å². The molecule has 9 heavy (non-hydrogen) atoms. The minimum atomic E-state index is 0. The second kappa shape index (κ2) is 6.46. The van der Waals surface area contributed by atoms with Gasteiger partial charge in [-0.3, -0.25) is 0 Å². The first-order valence-electron chi connectivity index (χ1n) is 2.32. The van der Waals surface area contributed by atoms with E-state index in [0.29, 0.717) is 0 Å². The van der Waals surface area contributed by atoms with E-state index < -0.39 is 0 Å². The van der Waals surface area contributed by atoms with Gasteiger partial charge in [-0.15, -0.1) is 0 Å². The van der Waals surface area contributed by atoms with Crippen LogP contribution in [-0.2, 0) is 17.1 Å². The molecule has 0 unspecified atom stereocenters. The van der Waals surface area contributed by atoms with Crippen LogP contribution in [0.5, 0.6) is 0 Å². The minimum absolute atomic E-state index is 0. The first kappa shape index (κ1) is 12.1. The standard InChI is InChI=1S/C7H7.Cu.Li/c1-7-5-3-2-4-6-7;;/h3-6H,1H3;;/q-1;+1;. The number of hydrogen-bond donors (Lipinski definition) is 0. The molecule has 0 fully saturated rings. The van der Waals surface area contributed by atoms with E-state index in [1.807, 2.05) is 24.3 Å². The molecule has 0 saturated carbocycles. The molecule has 0 nitrogen and oxygen atoms in total. The molecule has 0 heterocycles. The molecule has 2 heteroatoms. The van der Waals surface area contributed by atoms with E-state index in [2.05, 4.69) is 13.0 Å². The zero-order chi connectivity index (χ0) is 5.11. The molecular formula is C7H7CuLi. The van der Waals surface area contributed by atoms with Crippen molar-refractivity contribution < 1.29 is 17.1 Å². The van der Waals surface area contributed by atoms with E-state index in [-0.39, 0.29) is 35.9 Å². The summed E-state index contributed by atoms with van der Waals surface area (Å²) in [5.74, 6) is 0. The van der Waals surface area contributed by atoms with Crippen LogP contribution in [0.2, 0.25) is 0 Å². The predicted molar refractivity (Wildman–Crippen MR) is 35.8 cm³/mol. The maximum Gasteiger partial charge on any atom is 1.00 e. The topological polar surface area (TPSA) is 0 Å². The molecule has 0 aliphatic rings. The molecule has 47 valence electrons. The quantitative estimate of drug-likeness (QED) is 0.399. The molecule has 1 aromatic carbocycles. The van der Waals surface area contributed by atoms with E-state index in [1.165, 1.54) is 5.56 Å². The van der Waals surface area contributed by atoms with Gasteiger partial charge in [-0.2, -0.15) is 35.9 Å². The SMILES string of the molecule is Cc1cc[c-]cc1.[Cu+].[Li]. The summed E-state index contributed by atoms with van der Waals surface area (Å²) in [6, 6.07) is 10.8. The molecule has 0 aromatic heterocycles. The number of hydrogen-bond acceptors (Lipinski definition) is 0. The third-order valence-electron chi connectivity index (χ3n) is 0.885. The summed E-state index contributed by atoms with van der Waals surface area (Å²) in [5.41, 5.74) is 1.29. The largest absolute Gasteiger partial charge is 1.00 e. The zero-order valence-electron chi connectivity index (χ0n) is 5.61. The van der Waals surface area contributed by atoms with E-state index in [1.54, 1.807) is 0 Å². The Morgan fingerprint density at radius 3 is 1.89 bits per heavy atom. The van der Waals surface area contributed by atoms with Gasteiger partial charge in [-0.1, -0.05) is 6.92 Å². The molecule has 0 saturated heterocycles. The monoisotopic (exact) mass is 161 g/mol. The summed E-state index contributed by atoms with van der Waals surface area (Å²) < 4.78 is 0. The van der Waals surface area contributed by atoms with Crippen LogP contribution in [0.15, 0.2) is 24.3 Å². The van der Waals surface area contributed by atoms with Crippen molar-refractivity contribution >= 4 is 18.9 Å². The normalized spacial score (nSPS) is 6.78. The van der Waals surface area contributed by atoms with Gasteiger partial charge in [0.05, 0.1) is 0 Å². The van der Waals surface area contributed by atoms with Crippen LogP contribution < -0.4 is 0 Å². The van der Waals surface area contributed by atoms with Gasteiger partial charge in [0.25, 0.3) is 0 Å². The first-order valence-corrected chi connectivity index (χ1v) is 2.32. The van der Waals surface area contributed by atoms with Gasteiger partial charge in [0.1, 0.15) is 0 Å². The minimum Gasteiger partial charge on any atom is -0.184 e. The van der Waals surface area contributed by atoms with Crippen molar-refractivity contribution in [3.63, 3.8) is 0 Å². The van der Waals surface area contributed by atoms with Crippen LogP contribution in [0, 0.1) is 13.0 Å². The van der Waals surface area contributed by atoms with Crippen molar-refractivity contribution in [2.24, 2.45) is 0 Å². The average Bonchev–Trinajstić information content (AvgIpc) is 1.69. The molecule has 1 rings (SSSR count). The van der Waals surface area contributed by atoms with Crippen LogP contribution in [0.4, 0.5) is 0 Å². The van der Waals surface area contributed by atoms with E-state index >= 15 is 0 Å². The fourth-order valence-electron chi connectivity index (χ4n) is 0.470. The van der Waals surface area contributed by atoms with Crippen molar-refractivity contribution in [1.29, 1.82) is 0 Å². The first-order chi connectivity index (χ1) is 3.39. The predicted octanol–water partition coefficient (Wildman–Crippen LogP) is 1.41. The van der Waals surface area contributed by atoms with E-state index in [0.717, 1.165) is 0 Å². The van der Waals surface area contributed by atoms with Gasteiger partial charge >= 0.3 is 17.1 Å². The van der Waals surface area contributed by atoms with Gasteiger partial charge in [0, 0.05) is 18.9 Å². The Hall–Kier alpha value is 0.337. The average molecular weight is 162 g/mol. The second-order valence-corrected chi connectivity index (χ2v) is 1.58. The smallest absolute Gasteiger partial charge is 0.184 e. The van der Waals surface area contributed by atoms with Gasteiger partial charge in [0.15, 0.2) is 0 Å². The van der Waals surface area contributed by atoms with Crippen molar-refractivity contribution in [3.8, 4) is 0 Å². The van der Waals surface area contributed by atoms with Crippen molar-refractivity contribution in [3.05, 3.63) is 35.9 Å². The summed E-state index contributed by atoms with van der Waals surface area (Å²) in [4.78, 5) is 0. The van der Waals surface area contributed by atoms with Crippen molar-refractivity contribution in [2.75, 3.05) is 0 Å². The molecule has 0 atom stereocenters. The fourth-order valence-corrected chi connectivity index (χ4v) is 0.470. The summed E-state index contributed by atoms with van der Waals surface area (Å²) >= 11 is 0. The molecule has 1 radical (unpaired) electrons. The van der Waals surface area contributed by atoms with Crippen LogP contribution in [0.25, 0.3) is 0 Å². The Labute approximate surface area is 78.7 Å². The van der Waals surface area contributed by atoms with Gasteiger partial charge in [-0.25, -0.2) is 0 Å². The fraction of sp³-hybridized carbons (Fsp3) is 0.143. The number of benzene rings is 1. The Balaban J connectivity index is 0. The Kier molecular flexibility index (Phi) is 8.65. The van der Waals surface area contributed by atoms with Crippen LogP contribution in [0.3, 0.4) is 0 Å². The van der Waals surface area contributed by atoms with Crippen molar-refractivity contribution in [2.45, 2.75) is 6.92 Å². The number of aryl methyl sites for hydroxylation is 1. The van der Waals surface area contributed by atoms with Gasteiger partial charge in [-0.05, 0) is 0 Å². The molecular weight excluding hydrogens is 155 g/mol. The molecule has 0 N–H and O–H groups in total. The third-order valence-corrected chi connectivity index (χ3v) is 0.885. The molecule has 0 amide bonds. The van der Waals surface area contributed by atoms with Crippen molar-refractivity contribution in [1.82, 2.24) is 0 Å². The summed E-state index contributed by atoms with van der Waals surface area (Å²) in [6.07, 6.45) is 0. The Bertz CT molecular complexity index is 139. The number of rotatable bonds is 0. The van der Waals surface area contributed by atoms with E-state index in [4.69, 9.17) is 0 Å². The Morgan fingerprint density at radius 2 is 1.67 bits per heavy atom. The summed E-state index contributed by atoms with van der Waals surface area (Å²) in [6.45, 7) is 2.06.